The van der Waals surface area contributed by atoms with Crippen LogP contribution in [0.1, 0.15) is 11.4 Å². The van der Waals surface area contributed by atoms with Crippen LogP contribution in [0.4, 0.5) is 4.39 Å². The molecule has 1 fully saturated rings. The van der Waals surface area contributed by atoms with E-state index in [1.54, 1.807) is 23.4 Å². The van der Waals surface area contributed by atoms with E-state index in [1.165, 1.54) is 12.1 Å². The van der Waals surface area contributed by atoms with Gasteiger partial charge in [0.05, 0.1) is 13.2 Å². The summed E-state index contributed by atoms with van der Waals surface area (Å²) in [6.07, 6.45) is 2.26. The molecule has 7 heteroatoms. The molecule has 0 unspecified atom stereocenters. The third-order valence-electron chi connectivity index (χ3n) is 4.24. The molecule has 0 N–H and O–H groups in total. The van der Waals surface area contributed by atoms with Crippen molar-refractivity contribution in [1.29, 1.82) is 0 Å². The highest BCUT2D eigenvalue weighted by atomic mass is 19.1. The van der Waals surface area contributed by atoms with E-state index >= 15 is 0 Å². The van der Waals surface area contributed by atoms with Crippen LogP contribution < -0.4 is 4.74 Å². The Bertz CT molecular complexity index is 756. The molecule has 1 amide bonds. The van der Waals surface area contributed by atoms with Crippen LogP contribution in [0, 0.1) is 18.7 Å². The Kier molecular flexibility index (Phi) is 6.12. The Morgan fingerprint density at radius 3 is 3.04 bits per heavy atom. The number of benzene rings is 1. The maximum atomic E-state index is 13.6. The molecule has 0 bridgehead atoms. The Labute approximate surface area is 152 Å². The summed E-state index contributed by atoms with van der Waals surface area (Å²) in [5, 5.41) is 0. The quantitative estimate of drug-likeness (QED) is 0.817. The standard InChI is InChI=1S/C19H22FN3O3/c1-14-8-16(22-13-21-14)9-15-10-23(6-7-25-11-15)19(24)12-26-18-5-3-2-4-17(18)20/h2-5,8,13,15H,6-7,9-12H2,1H3/t15-/m0/s1. The summed E-state index contributed by atoms with van der Waals surface area (Å²) in [5.41, 5.74) is 1.85. The number of rotatable bonds is 5. The van der Waals surface area contributed by atoms with Crippen molar-refractivity contribution in [2.45, 2.75) is 13.3 Å². The fraction of sp³-hybridized carbons (Fsp3) is 0.421. The molecule has 0 aliphatic carbocycles. The molecule has 26 heavy (non-hydrogen) atoms. The first-order valence-electron chi connectivity index (χ1n) is 8.62. The van der Waals surface area contributed by atoms with Gasteiger partial charge >= 0.3 is 0 Å². The minimum Gasteiger partial charge on any atom is -0.481 e. The maximum Gasteiger partial charge on any atom is 0.260 e. The highest BCUT2D eigenvalue weighted by Gasteiger charge is 2.23. The number of hydrogen-bond acceptors (Lipinski definition) is 5. The Hall–Kier alpha value is -2.54. The van der Waals surface area contributed by atoms with E-state index in [0.29, 0.717) is 32.7 Å². The van der Waals surface area contributed by atoms with Crippen molar-refractivity contribution in [2.75, 3.05) is 32.9 Å². The molecular weight excluding hydrogens is 337 g/mol. The lowest BCUT2D eigenvalue weighted by molar-refractivity contribution is -0.133. The molecule has 1 aromatic heterocycles. The molecule has 1 saturated heterocycles. The molecular formula is C19H22FN3O3. The summed E-state index contributed by atoms with van der Waals surface area (Å²) >= 11 is 0. The van der Waals surface area contributed by atoms with Gasteiger partial charge in [-0.25, -0.2) is 14.4 Å². The zero-order chi connectivity index (χ0) is 18.4. The fourth-order valence-corrected chi connectivity index (χ4v) is 2.94. The third-order valence-corrected chi connectivity index (χ3v) is 4.24. The van der Waals surface area contributed by atoms with Crippen molar-refractivity contribution in [3.05, 3.63) is 53.9 Å². The average molecular weight is 359 g/mol. The van der Waals surface area contributed by atoms with Crippen LogP contribution in [-0.2, 0) is 16.0 Å². The van der Waals surface area contributed by atoms with E-state index < -0.39 is 5.82 Å². The molecule has 138 valence electrons. The topological polar surface area (TPSA) is 64.5 Å². The first kappa shape index (κ1) is 18.3. The van der Waals surface area contributed by atoms with Gasteiger partial charge < -0.3 is 14.4 Å². The molecule has 6 nitrogen and oxygen atoms in total. The summed E-state index contributed by atoms with van der Waals surface area (Å²) in [7, 11) is 0. The lowest BCUT2D eigenvalue weighted by atomic mass is 10.0. The monoisotopic (exact) mass is 359 g/mol. The SMILES string of the molecule is Cc1cc(C[C@@H]2COCCN(C(=O)COc3ccccc3F)C2)ncn1. The minimum atomic E-state index is -0.475. The number of halogens is 1. The van der Waals surface area contributed by atoms with Gasteiger partial charge in [-0.1, -0.05) is 12.1 Å². The summed E-state index contributed by atoms with van der Waals surface area (Å²) in [5.74, 6) is -0.428. The van der Waals surface area contributed by atoms with Crippen molar-refractivity contribution in [3.63, 3.8) is 0 Å². The van der Waals surface area contributed by atoms with Crippen LogP contribution in [0.15, 0.2) is 36.7 Å². The molecule has 0 saturated carbocycles. The van der Waals surface area contributed by atoms with Gasteiger partial charge in [0.15, 0.2) is 18.2 Å². The second-order valence-corrected chi connectivity index (χ2v) is 6.35. The van der Waals surface area contributed by atoms with Crippen LogP contribution in [0.2, 0.25) is 0 Å². The zero-order valence-electron chi connectivity index (χ0n) is 14.7. The number of aryl methyl sites for hydroxylation is 1. The molecule has 1 aliphatic rings. The first-order valence-corrected chi connectivity index (χ1v) is 8.62. The molecule has 3 rings (SSSR count). The predicted molar refractivity (Wildman–Crippen MR) is 93.3 cm³/mol. The number of hydrogen-bond donors (Lipinski definition) is 0. The van der Waals surface area contributed by atoms with Gasteiger partial charge in [0.1, 0.15) is 6.33 Å². The maximum absolute atomic E-state index is 13.6. The van der Waals surface area contributed by atoms with Gasteiger partial charge in [0.25, 0.3) is 5.91 Å². The molecule has 2 aromatic rings. The van der Waals surface area contributed by atoms with Gasteiger partial charge in [0, 0.05) is 30.4 Å². The second kappa shape index (κ2) is 8.71. The largest absolute Gasteiger partial charge is 0.481 e. The third kappa shape index (κ3) is 4.98. The minimum absolute atomic E-state index is 0.0833. The smallest absolute Gasteiger partial charge is 0.260 e. The Balaban J connectivity index is 1.58. The van der Waals surface area contributed by atoms with E-state index in [4.69, 9.17) is 9.47 Å². The van der Waals surface area contributed by atoms with E-state index in [1.807, 2.05) is 13.0 Å². The lowest BCUT2D eigenvalue weighted by Gasteiger charge is -2.23. The summed E-state index contributed by atoms with van der Waals surface area (Å²) in [6.45, 7) is 3.83. The molecule has 0 spiro atoms. The van der Waals surface area contributed by atoms with Gasteiger partial charge in [-0.3, -0.25) is 4.79 Å². The fourth-order valence-electron chi connectivity index (χ4n) is 2.94. The highest BCUT2D eigenvalue weighted by molar-refractivity contribution is 5.77. The number of carbonyl (C=O) groups excluding carboxylic acids is 1. The molecule has 0 radical (unpaired) electrons. The van der Waals surface area contributed by atoms with E-state index in [9.17, 15) is 9.18 Å². The highest BCUT2D eigenvalue weighted by Crippen LogP contribution is 2.16. The first-order chi connectivity index (χ1) is 12.6. The number of amides is 1. The van der Waals surface area contributed by atoms with Crippen LogP contribution in [0.3, 0.4) is 0 Å². The van der Waals surface area contributed by atoms with Crippen LogP contribution in [0.5, 0.6) is 5.75 Å². The van der Waals surface area contributed by atoms with Crippen molar-refractivity contribution < 1.29 is 18.7 Å². The number of carbonyl (C=O) groups is 1. The lowest BCUT2D eigenvalue weighted by Crippen LogP contribution is -2.39. The zero-order valence-corrected chi connectivity index (χ0v) is 14.7. The van der Waals surface area contributed by atoms with Crippen molar-refractivity contribution >= 4 is 5.91 Å². The van der Waals surface area contributed by atoms with Crippen LogP contribution in [0.25, 0.3) is 0 Å². The summed E-state index contributed by atoms with van der Waals surface area (Å²) in [4.78, 5) is 22.6. The number of ether oxygens (including phenoxy) is 2. The van der Waals surface area contributed by atoms with Crippen LogP contribution >= 0.6 is 0 Å². The predicted octanol–water partition coefficient (Wildman–Crippen LogP) is 2.02. The van der Waals surface area contributed by atoms with Gasteiger partial charge in [-0.15, -0.1) is 0 Å². The molecule has 1 atom stereocenters. The van der Waals surface area contributed by atoms with Crippen molar-refractivity contribution in [2.24, 2.45) is 5.92 Å². The van der Waals surface area contributed by atoms with Gasteiger partial charge in [0.2, 0.25) is 0 Å². The Morgan fingerprint density at radius 2 is 2.23 bits per heavy atom. The van der Waals surface area contributed by atoms with E-state index in [-0.39, 0.29) is 24.2 Å². The number of nitrogens with zero attached hydrogens (tertiary/aromatic N) is 3. The van der Waals surface area contributed by atoms with Crippen molar-refractivity contribution in [1.82, 2.24) is 14.9 Å². The molecule has 2 heterocycles. The number of aromatic nitrogens is 2. The Morgan fingerprint density at radius 1 is 1.38 bits per heavy atom. The van der Waals surface area contributed by atoms with Gasteiger partial charge in [-0.2, -0.15) is 0 Å². The normalized spacial score (nSPS) is 17.6. The molecule has 1 aromatic carbocycles. The van der Waals surface area contributed by atoms with Crippen molar-refractivity contribution in [3.8, 4) is 5.75 Å². The number of para-hydroxylation sites is 1. The van der Waals surface area contributed by atoms with Crippen LogP contribution in [-0.4, -0.2) is 53.7 Å². The summed E-state index contributed by atoms with van der Waals surface area (Å²) < 4.78 is 24.6. The van der Waals surface area contributed by atoms with Gasteiger partial charge in [-0.05, 0) is 31.5 Å². The van der Waals surface area contributed by atoms with E-state index in [0.717, 1.165) is 11.4 Å². The second-order valence-electron chi connectivity index (χ2n) is 6.35. The van der Waals surface area contributed by atoms with E-state index in [2.05, 4.69) is 9.97 Å². The average Bonchev–Trinajstić information content (AvgIpc) is 2.86. The molecule has 1 aliphatic heterocycles. The summed E-state index contributed by atoms with van der Waals surface area (Å²) in [6, 6.07) is 8.00.